The fourth-order valence-electron chi connectivity index (χ4n) is 9.00. The van der Waals surface area contributed by atoms with Crippen LogP contribution in [0.1, 0.15) is 29.9 Å². The minimum absolute atomic E-state index is 0.0323. The molecule has 4 N–H and O–H groups in total. The second-order valence-corrected chi connectivity index (χ2v) is 14.7. The van der Waals surface area contributed by atoms with E-state index in [-0.39, 0.29) is 40.3 Å². The van der Waals surface area contributed by atoms with Gasteiger partial charge in [0.1, 0.15) is 5.75 Å². The first-order valence-corrected chi connectivity index (χ1v) is 17.9. The maximum absolute atomic E-state index is 15.4. The number of aromatic hydroxyl groups is 1. The number of rotatable bonds is 7. The molecule has 2 heterocycles. The van der Waals surface area contributed by atoms with Crippen LogP contribution >= 0.6 is 23.2 Å². The molecule has 2 aliphatic heterocycles. The molecule has 4 aromatic rings. The third kappa shape index (κ3) is 5.32. The van der Waals surface area contributed by atoms with Crippen molar-refractivity contribution < 1.29 is 43.5 Å². The summed E-state index contributed by atoms with van der Waals surface area (Å²) in [5.74, 6) is -8.16. The summed E-state index contributed by atoms with van der Waals surface area (Å²) in [5.41, 5.74) is 2.92. The van der Waals surface area contributed by atoms with Crippen LogP contribution in [0.3, 0.4) is 0 Å². The monoisotopic (exact) mass is 769 g/mol. The Labute approximate surface area is 318 Å². The highest BCUT2D eigenvalue weighted by molar-refractivity contribution is 6.58. The van der Waals surface area contributed by atoms with Crippen molar-refractivity contribution in [3.8, 4) is 11.5 Å². The number of imide groups is 2. The predicted octanol–water partition coefficient (Wildman–Crippen LogP) is 4.72. The number of hydrogen-bond donors (Lipinski definition) is 4. The molecule has 0 bridgehead atoms. The van der Waals surface area contributed by atoms with Crippen molar-refractivity contribution >= 4 is 70.8 Å². The number of phenols is 1. The van der Waals surface area contributed by atoms with E-state index < -0.39 is 77.3 Å². The van der Waals surface area contributed by atoms with Gasteiger partial charge < -0.3 is 19.9 Å². The Kier molecular flexibility index (Phi) is 8.80. The highest BCUT2D eigenvalue weighted by Gasteiger charge is 2.70. The lowest BCUT2D eigenvalue weighted by atomic mass is 9.49. The second kappa shape index (κ2) is 13.3. The molecule has 2 aliphatic carbocycles. The topological polar surface area (TPSA) is 157 Å². The Morgan fingerprint density at radius 3 is 2.35 bits per heavy atom. The minimum atomic E-state index is -1.84. The normalized spacial score (nSPS) is 26.0. The van der Waals surface area contributed by atoms with Gasteiger partial charge in [-0.15, -0.1) is 0 Å². The van der Waals surface area contributed by atoms with Crippen molar-refractivity contribution in [1.82, 2.24) is 5.01 Å². The zero-order valence-electron chi connectivity index (χ0n) is 28.4. The predicted molar refractivity (Wildman–Crippen MR) is 197 cm³/mol. The molecule has 8 rings (SSSR count). The number of allylic oxidation sites excluding steroid dienone is 2. The molecule has 1 saturated carbocycles. The molecule has 11 nitrogen and oxygen atoms in total. The number of carbonyl (C=O) groups excluding carboxylic acids is 4. The molecule has 2 saturated heterocycles. The first-order valence-electron chi connectivity index (χ1n) is 17.1. The van der Waals surface area contributed by atoms with Gasteiger partial charge in [-0.3, -0.25) is 29.5 Å². The number of hydrogen-bond acceptors (Lipinski definition) is 9. The van der Waals surface area contributed by atoms with Crippen LogP contribution in [0.4, 0.5) is 15.8 Å². The number of benzene rings is 4. The van der Waals surface area contributed by atoms with Gasteiger partial charge in [-0.25, -0.2) is 4.39 Å². The molecular weight excluding hydrogens is 739 g/mol. The molecule has 4 amide bonds. The summed E-state index contributed by atoms with van der Waals surface area (Å²) in [5, 5.41) is 31.2. The van der Waals surface area contributed by atoms with Crippen molar-refractivity contribution in [3.63, 3.8) is 0 Å². The van der Waals surface area contributed by atoms with Crippen LogP contribution in [0.15, 0.2) is 96.6 Å². The van der Waals surface area contributed by atoms with E-state index in [1.807, 2.05) is 6.08 Å². The summed E-state index contributed by atoms with van der Waals surface area (Å²) in [6.45, 7) is 0. The van der Waals surface area contributed by atoms with E-state index in [0.717, 1.165) is 16.0 Å². The molecule has 0 unspecified atom stereocenters. The zero-order chi connectivity index (χ0) is 38.2. The maximum Gasteiger partial charge on any atom is 0.488 e. The number of halogens is 3. The molecular formula is C39H31BCl2FN3O8. The van der Waals surface area contributed by atoms with E-state index in [0.29, 0.717) is 21.9 Å². The van der Waals surface area contributed by atoms with Gasteiger partial charge in [0.15, 0.2) is 11.6 Å². The van der Waals surface area contributed by atoms with Gasteiger partial charge in [0.2, 0.25) is 11.8 Å². The van der Waals surface area contributed by atoms with E-state index in [2.05, 4.69) is 5.43 Å². The van der Waals surface area contributed by atoms with E-state index in [9.17, 15) is 29.5 Å². The Morgan fingerprint density at radius 2 is 1.67 bits per heavy atom. The standard InChI is InChI=1S/C39H31BCl2FN3O8/c1-54-24-9-6-20(7-10-24)39-28(36(49)46(38(39)51)44-31-13-8-22(41)17-29(31)42)18-27-25(34(39)19-5-14-32(47)30(43)15-19)11-12-26-33(27)37(50)45(35(26)48)23-4-2-3-21(16-23)40(52)53/h2-11,13-17,26-28,33-34,44,47,52-53H,12,18H2,1H3/t26-,27+,28-,33-,34-,39+/m0/s1. The Hall–Kier alpha value is -5.21. The number of ether oxygens (including phenoxy) is 1. The number of methoxy groups -OCH3 is 1. The summed E-state index contributed by atoms with van der Waals surface area (Å²) in [6, 6.07) is 20.8. The van der Waals surface area contributed by atoms with Gasteiger partial charge >= 0.3 is 7.12 Å². The molecule has 3 fully saturated rings. The molecule has 54 heavy (non-hydrogen) atoms. The fraction of sp³-hybridized carbons (Fsp3) is 0.231. The Bertz CT molecular complexity index is 2290. The number of nitrogens with one attached hydrogen (secondary N) is 1. The van der Waals surface area contributed by atoms with Gasteiger partial charge in [0, 0.05) is 10.9 Å². The van der Waals surface area contributed by atoms with E-state index in [1.165, 1.54) is 55.6 Å². The van der Waals surface area contributed by atoms with E-state index in [4.69, 9.17) is 27.9 Å². The maximum atomic E-state index is 15.4. The molecule has 0 aromatic heterocycles. The lowest BCUT2D eigenvalue weighted by Crippen LogP contribution is -2.53. The lowest BCUT2D eigenvalue weighted by Gasteiger charge is -2.50. The minimum Gasteiger partial charge on any atom is -0.505 e. The summed E-state index contributed by atoms with van der Waals surface area (Å²) in [6.07, 6.45) is 1.88. The molecule has 4 aliphatic rings. The molecule has 6 atom stereocenters. The van der Waals surface area contributed by atoms with Gasteiger partial charge in [0.05, 0.1) is 46.7 Å². The summed E-state index contributed by atoms with van der Waals surface area (Å²) in [7, 11) is -0.349. The number of anilines is 2. The summed E-state index contributed by atoms with van der Waals surface area (Å²) >= 11 is 12.6. The van der Waals surface area contributed by atoms with E-state index in [1.54, 1.807) is 30.3 Å². The lowest BCUT2D eigenvalue weighted by molar-refractivity contribution is -0.138. The molecule has 0 spiro atoms. The Balaban J connectivity index is 1.32. The Morgan fingerprint density at radius 1 is 0.907 bits per heavy atom. The van der Waals surface area contributed by atoms with Crippen molar-refractivity contribution in [2.45, 2.75) is 24.2 Å². The highest BCUT2D eigenvalue weighted by atomic mass is 35.5. The number of nitrogens with zero attached hydrogens (tertiary/aromatic N) is 2. The second-order valence-electron chi connectivity index (χ2n) is 13.9. The smallest absolute Gasteiger partial charge is 0.488 e. The molecule has 274 valence electrons. The van der Waals surface area contributed by atoms with Crippen LogP contribution in [0.25, 0.3) is 0 Å². The van der Waals surface area contributed by atoms with Gasteiger partial charge in [-0.05, 0) is 89.9 Å². The van der Waals surface area contributed by atoms with Crippen molar-refractivity contribution in [1.29, 1.82) is 0 Å². The van der Waals surface area contributed by atoms with Crippen LogP contribution < -0.4 is 20.5 Å². The van der Waals surface area contributed by atoms with Gasteiger partial charge in [-0.1, -0.05) is 65.2 Å². The van der Waals surface area contributed by atoms with Crippen LogP contribution in [0.5, 0.6) is 11.5 Å². The van der Waals surface area contributed by atoms with Crippen molar-refractivity contribution in [2.24, 2.45) is 23.7 Å². The first-order chi connectivity index (χ1) is 25.9. The summed E-state index contributed by atoms with van der Waals surface area (Å²) in [4.78, 5) is 59.7. The third-order valence-corrected chi connectivity index (χ3v) is 11.9. The van der Waals surface area contributed by atoms with Crippen molar-refractivity contribution in [2.75, 3.05) is 17.4 Å². The number of fused-ring (bicyclic) bond motifs is 4. The number of hydrazine groups is 1. The fourth-order valence-corrected chi connectivity index (χ4v) is 9.45. The van der Waals surface area contributed by atoms with Crippen LogP contribution in [0.2, 0.25) is 10.0 Å². The third-order valence-electron chi connectivity index (χ3n) is 11.3. The average molecular weight is 770 g/mol. The van der Waals surface area contributed by atoms with Gasteiger partial charge in [0.25, 0.3) is 11.8 Å². The van der Waals surface area contributed by atoms with Crippen LogP contribution in [-0.4, -0.2) is 58.0 Å². The van der Waals surface area contributed by atoms with Crippen LogP contribution in [0, 0.1) is 29.5 Å². The van der Waals surface area contributed by atoms with Gasteiger partial charge in [-0.2, -0.15) is 5.01 Å². The number of carbonyl (C=O) groups is 4. The molecule has 4 aromatic carbocycles. The molecule has 0 radical (unpaired) electrons. The highest BCUT2D eigenvalue weighted by Crippen LogP contribution is 2.64. The number of phenolic OH excluding ortho intramolecular Hbond substituents is 1. The van der Waals surface area contributed by atoms with Crippen molar-refractivity contribution in [3.05, 3.63) is 124 Å². The summed E-state index contributed by atoms with van der Waals surface area (Å²) < 4.78 is 20.8. The average Bonchev–Trinajstić information content (AvgIpc) is 3.54. The zero-order valence-corrected chi connectivity index (χ0v) is 30.0. The molecule has 15 heteroatoms. The first kappa shape index (κ1) is 35.8. The largest absolute Gasteiger partial charge is 0.505 e. The quantitative estimate of drug-likeness (QED) is 0.119. The van der Waals surface area contributed by atoms with E-state index >= 15 is 9.18 Å². The number of amides is 4. The van der Waals surface area contributed by atoms with Crippen LogP contribution in [-0.2, 0) is 24.6 Å². The SMILES string of the molecule is COc1ccc([C@@]23C(=O)N(Nc4ccc(Cl)cc4Cl)C(=O)[C@@H]2C[C@@H]2C(=CC[C@@H]4C(=O)N(c5cccc(B(O)O)c5)C(=O)[C@@H]42)[C@@H]3c2ccc(O)c(F)c2)cc1.